The summed E-state index contributed by atoms with van der Waals surface area (Å²) in [5.41, 5.74) is 1.12. The van der Waals surface area contributed by atoms with Crippen molar-refractivity contribution in [1.29, 1.82) is 0 Å². The first kappa shape index (κ1) is 14.9. The number of carbonyl (C=O) groups is 1. The van der Waals surface area contributed by atoms with E-state index in [1.54, 1.807) is 12.4 Å². The van der Waals surface area contributed by atoms with Crippen LogP contribution in [0.1, 0.15) is 24.8 Å². The molecule has 5 nitrogen and oxygen atoms in total. The number of carbonyl (C=O) groups excluding carboxylic acids is 1. The summed E-state index contributed by atoms with van der Waals surface area (Å²) < 4.78 is 0. The predicted molar refractivity (Wildman–Crippen MR) is 75.0 cm³/mol. The number of pyridine rings is 1. The Morgan fingerprint density at radius 3 is 2.60 bits per heavy atom. The first-order chi connectivity index (χ1) is 9.70. The number of amides is 1. The Morgan fingerprint density at radius 2 is 2.00 bits per heavy atom. The highest BCUT2D eigenvalue weighted by Crippen LogP contribution is 2.21. The highest BCUT2D eigenvalue weighted by molar-refractivity contribution is 5.76. The largest absolute Gasteiger partial charge is 0.394 e. The van der Waals surface area contributed by atoms with Crippen molar-refractivity contribution in [3.63, 3.8) is 0 Å². The molecule has 1 amide bonds. The quantitative estimate of drug-likeness (QED) is 0.827. The summed E-state index contributed by atoms with van der Waals surface area (Å²) in [7, 11) is 0. The Morgan fingerprint density at radius 1 is 1.35 bits per heavy atom. The molecular formula is C15H22N2O3. The van der Waals surface area contributed by atoms with Crippen LogP contribution in [0.25, 0.3) is 0 Å². The van der Waals surface area contributed by atoms with E-state index in [4.69, 9.17) is 5.11 Å². The van der Waals surface area contributed by atoms with Gasteiger partial charge in [0.15, 0.2) is 0 Å². The molecule has 0 aromatic carbocycles. The normalized spacial score (nSPS) is 18.0. The van der Waals surface area contributed by atoms with Crippen LogP contribution in [0.4, 0.5) is 0 Å². The highest BCUT2D eigenvalue weighted by atomic mass is 16.3. The van der Waals surface area contributed by atoms with E-state index in [1.807, 2.05) is 17.0 Å². The summed E-state index contributed by atoms with van der Waals surface area (Å²) in [6, 6.07) is 3.86. The maximum absolute atomic E-state index is 12.1. The van der Waals surface area contributed by atoms with Crippen LogP contribution in [-0.4, -0.2) is 51.8 Å². The minimum absolute atomic E-state index is 0.115. The number of rotatable bonds is 5. The van der Waals surface area contributed by atoms with Crippen molar-refractivity contribution in [1.82, 2.24) is 9.88 Å². The average Bonchev–Trinajstić information content (AvgIpc) is 2.53. The second kappa shape index (κ2) is 7.36. The highest BCUT2D eigenvalue weighted by Gasteiger charge is 2.26. The van der Waals surface area contributed by atoms with E-state index in [0.29, 0.717) is 19.5 Å². The molecule has 1 aliphatic rings. The fraction of sp³-hybridized carbons (Fsp3) is 0.600. The van der Waals surface area contributed by atoms with Gasteiger partial charge in [0, 0.05) is 31.9 Å². The smallest absolute Gasteiger partial charge is 0.222 e. The number of hydrogen-bond acceptors (Lipinski definition) is 4. The lowest BCUT2D eigenvalue weighted by atomic mass is 9.91. The first-order valence-corrected chi connectivity index (χ1v) is 7.16. The van der Waals surface area contributed by atoms with Gasteiger partial charge in [-0.3, -0.25) is 9.78 Å². The Balaban J connectivity index is 1.75. The van der Waals surface area contributed by atoms with Crippen LogP contribution < -0.4 is 0 Å². The van der Waals surface area contributed by atoms with Crippen LogP contribution in [-0.2, 0) is 11.2 Å². The van der Waals surface area contributed by atoms with Gasteiger partial charge in [-0.05, 0) is 42.9 Å². The third-order valence-corrected chi connectivity index (χ3v) is 4.00. The van der Waals surface area contributed by atoms with Gasteiger partial charge < -0.3 is 15.1 Å². The number of aliphatic hydroxyl groups is 2. The average molecular weight is 278 g/mol. The van der Waals surface area contributed by atoms with Gasteiger partial charge in [-0.25, -0.2) is 0 Å². The molecule has 1 saturated heterocycles. The first-order valence-electron chi connectivity index (χ1n) is 7.16. The Bertz CT molecular complexity index is 416. The Labute approximate surface area is 119 Å². The van der Waals surface area contributed by atoms with Crippen molar-refractivity contribution < 1.29 is 15.0 Å². The summed E-state index contributed by atoms with van der Waals surface area (Å²) in [6.45, 7) is 1.16. The van der Waals surface area contributed by atoms with Crippen LogP contribution in [0.5, 0.6) is 0 Å². The maximum atomic E-state index is 12.1. The predicted octanol–water partition coefficient (Wildman–Crippen LogP) is 0.606. The van der Waals surface area contributed by atoms with E-state index in [2.05, 4.69) is 4.98 Å². The second-order valence-corrected chi connectivity index (χ2v) is 5.32. The van der Waals surface area contributed by atoms with Gasteiger partial charge in [0.05, 0.1) is 12.7 Å². The van der Waals surface area contributed by atoms with Crippen molar-refractivity contribution in [3.8, 4) is 0 Å². The third kappa shape index (κ3) is 4.02. The standard InChI is InChI=1S/C15H22N2O3/c18-11-14(19)13-5-9-17(10-6-13)15(20)2-1-12-3-7-16-8-4-12/h3-4,7-8,13-14,18-19H,1-2,5-6,9-11H2. The molecule has 1 aliphatic heterocycles. The van der Waals surface area contributed by atoms with Crippen LogP contribution in [0.15, 0.2) is 24.5 Å². The minimum atomic E-state index is -0.649. The summed E-state index contributed by atoms with van der Waals surface area (Å²) in [5.74, 6) is 0.281. The monoisotopic (exact) mass is 278 g/mol. The lowest BCUT2D eigenvalue weighted by Crippen LogP contribution is -2.42. The summed E-state index contributed by atoms with van der Waals surface area (Å²) >= 11 is 0. The van der Waals surface area contributed by atoms with Gasteiger partial charge in [0.2, 0.25) is 5.91 Å². The van der Waals surface area contributed by atoms with Gasteiger partial charge in [-0.15, -0.1) is 0 Å². The zero-order chi connectivity index (χ0) is 14.4. The minimum Gasteiger partial charge on any atom is -0.394 e. The van der Waals surface area contributed by atoms with Gasteiger partial charge in [0.1, 0.15) is 0 Å². The van der Waals surface area contributed by atoms with Crippen LogP contribution in [0.2, 0.25) is 0 Å². The van der Waals surface area contributed by atoms with E-state index in [0.717, 1.165) is 24.8 Å². The van der Waals surface area contributed by atoms with E-state index >= 15 is 0 Å². The maximum Gasteiger partial charge on any atom is 0.222 e. The van der Waals surface area contributed by atoms with Crippen molar-refractivity contribution in [3.05, 3.63) is 30.1 Å². The topological polar surface area (TPSA) is 73.7 Å². The number of aryl methyl sites for hydroxylation is 1. The van der Waals surface area contributed by atoms with Crippen molar-refractivity contribution >= 4 is 5.91 Å². The molecule has 2 heterocycles. The van der Waals surface area contributed by atoms with E-state index in [-0.39, 0.29) is 18.4 Å². The number of aliphatic hydroxyl groups excluding tert-OH is 2. The fourth-order valence-corrected chi connectivity index (χ4v) is 2.64. The summed E-state index contributed by atoms with van der Waals surface area (Å²) in [6.07, 6.45) is 5.61. The molecule has 1 aromatic heterocycles. The van der Waals surface area contributed by atoms with Crippen LogP contribution in [0, 0.1) is 5.92 Å². The number of likely N-dealkylation sites (tertiary alicyclic amines) is 1. The van der Waals surface area contributed by atoms with Crippen LogP contribution in [0.3, 0.4) is 0 Å². The molecule has 2 N–H and O–H groups in total. The van der Waals surface area contributed by atoms with Gasteiger partial charge in [0.25, 0.3) is 0 Å². The Hall–Kier alpha value is -1.46. The summed E-state index contributed by atoms with van der Waals surface area (Å²) in [4.78, 5) is 17.9. The molecule has 0 spiro atoms. The third-order valence-electron chi connectivity index (χ3n) is 4.00. The molecule has 1 fully saturated rings. The van der Waals surface area contributed by atoms with E-state index < -0.39 is 6.10 Å². The number of hydrogen-bond donors (Lipinski definition) is 2. The molecule has 20 heavy (non-hydrogen) atoms. The van der Waals surface area contributed by atoms with Gasteiger partial charge >= 0.3 is 0 Å². The van der Waals surface area contributed by atoms with Crippen LogP contribution >= 0.6 is 0 Å². The molecule has 1 aromatic rings. The molecule has 1 unspecified atom stereocenters. The molecule has 0 aliphatic carbocycles. The lowest BCUT2D eigenvalue weighted by molar-refractivity contribution is -0.133. The van der Waals surface area contributed by atoms with Gasteiger partial charge in [-0.2, -0.15) is 0 Å². The Kier molecular flexibility index (Phi) is 5.49. The zero-order valence-corrected chi connectivity index (χ0v) is 11.6. The van der Waals surface area contributed by atoms with E-state index in [1.165, 1.54) is 0 Å². The number of aromatic nitrogens is 1. The number of piperidine rings is 1. The molecule has 2 rings (SSSR count). The lowest BCUT2D eigenvalue weighted by Gasteiger charge is -2.33. The molecule has 1 atom stereocenters. The van der Waals surface area contributed by atoms with Crippen molar-refractivity contribution in [2.24, 2.45) is 5.92 Å². The molecule has 0 radical (unpaired) electrons. The van der Waals surface area contributed by atoms with Gasteiger partial charge in [-0.1, -0.05) is 0 Å². The SMILES string of the molecule is O=C(CCc1ccncc1)N1CCC(C(O)CO)CC1. The summed E-state index contributed by atoms with van der Waals surface area (Å²) in [5, 5.41) is 18.5. The zero-order valence-electron chi connectivity index (χ0n) is 11.6. The van der Waals surface area contributed by atoms with E-state index in [9.17, 15) is 9.90 Å². The molecule has 0 bridgehead atoms. The molecule has 110 valence electrons. The fourth-order valence-electron chi connectivity index (χ4n) is 2.64. The van der Waals surface area contributed by atoms with Crippen molar-refractivity contribution in [2.75, 3.05) is 19.7 Å². The number of nitrogens with zero attached hydrogens (tertiary/aromatic N) is 2. The molecule has 5 heteroatoms. The van der Waals surface area contributed by atoms with Crippen molar-refractivity contribution in [2.45, 2.75) is 31.8 Å². The second-order valence-electron chi connectivity index (χ2n) is 5.32. The molecular weight excluding hydrogens is 256 g/mol. The molecule has 0 saturated carbocycles.